The largest absolute Gasteiger partial charge is 0.480 e. The highest BCUT2D eigenvalue weighted by Crippen LogP contribution is 2.15. The number of thioether (sulfide) groups is 2. The molecule has 4 N–H and O–H groups in total. The lowest BCUT2D eigenvalue weighted by atomic mass is 10.4. The third kappa shape index (κ3) is 7.42. The summed E-state index contributed by atoms with van der Waals surface area (Å²) in [6, 6.07) is 9.05. The molecule has 1 atom stereocenters. The molecule has 5 nitrogen and oxygen atoms in total. The van der Waals surface area contributed by atoms with E-state index in [1.54, 1.807) is 11.8 Å². The highest BCUT2D eigenvalue weighted by atomic mass is 32.2. The molecule has 0 aromatic heterocycles. The van der Waals surface area contributed by atoms with Gasteiger partial charge in [0, 0.05) is 22.9 Å². The molecule has 0 radical (unpaired) electrons. The number of carbonyl (C=O) groups excluding carboxylic acids is 1. The van der Waals surface area contributed by atoms with E-state index in [4.69, 9.17) is 10.8 Å². The molecule has 7 heteroatoms. The summed E-state index contributed by atoms with van der Waals surface area (Å²) in [7, 11) is 0. The van der Waals surface area contributed by atoms with E-state index in [1.165, 1.54) is 16.7 Å². The van der Waals surface area contributed by atoms with Crippen LogP contribution in [0, 0.1) is 0 Å². The summed E-state index contributed by atoms with van der Waals surface area (Å²) >= 11 is 2.90. The van der Waals surface area contributed by atoms with Crippen LogP contribution < -0.4 is 11.1 Å². The summed E-state index contributed by atoms with van der Waals surface area (Å²) in [6.45, 7) is 0.587. The highest BCUT2D eigenvalue weighted by Gasteiger charge is 2.11. The first kappa shape index (κ1) is 16.9. The Morgan fingerprint density at radius 2 is 2.00 bits per heavy atom. The maximum Gasteiger partial charge on any atom is 0.321 e. The molecular weight excluding hydrogens is 296 g/mol. The van der Waals surface area contributed by atoms with Crippen molar-refractivity contribution in [2.75, 3.05) is 23.8 Å². The fourth-order valence-corrected chi connectivity index (χ4v) is 2.87. The van der Waals surface area contributed by atoms with Gasteiger partial charge in [-0.25, -0.2) is 0 Å². The van der Waals surface area contributed by atoms with Crippen LogP contribution in [-0.4, -0.2) is 46.8 Å². The van der Waals surface area contributed by atoms with Crippen molar-refractivity contribution in [1.82, 2.24) is 5.32 Å². The number of carbonyl (C=O) groups is 2. The summed E-state index contributed by atoms with van der Waals surface area (Å²) in [5.74, 6) is 0.131. The number of amides is 1. The van der Waals surface area contributed by atoms with Gasteiger partial charge in [0.25, 0.3) is 0 Å². The van der Waals surface area contributed by atoms with Crippen LogP contribution in [-0.2, 0) is 9.59 Å². The zero-order valence-electron chi connectivity index (χ0n) is 11.0. The number of benzene rings is 1. The molecule has 110 valence electrons. The third-order valence-corrected chi connectivity index (χ3v) is 4.36. The topological polar surface area (TPSA) is 92.4 Å². The summed E-state index contributed by atoms with van der Waals surface area (Å²) in [5.41, 5.74) is 5.33. The van der Waals surface area contributed by atoms with E-state index in [1.807, 2.05) is 30.3 Å². The van der Waals surface area contributed by atoms with Gasteiger partial charge in [-0.3, -0.25) is 9.59 Å². The summed E-state index contributed by atoms with van der Waals surface area (Å²) < 4.78 is 0. The number of carboxylic acids is 1. The molecule has 0 spiro atoms. The molecule has 0 aliphatic rings. The number of carboxylic acid groups (broad SMARTS) is 1. The van der Waals surface area contributed by atoms with Gasteiger partial charge in [-0.1, -0.05) is 18.2 Å². The second-order valence-electron chi connectivity index (χ2n) is 3.97. The van der Waals surface area contributed by atoms with Crippen molar-refractivity contribution in [3.8, 4) is 0 Å². The van der Waals surface area contributed by atoms with Crippen LogP contribution in [0.2, 0.25) is 0 Å². The first-order chi connectivity index (χ1) is 9.59. The Labute approximate surface area is 126 Å². The summed E-state index contributed by atoms with van der Waals surface area (Å²) in [5, 5.41) is 11.4. The smallest absolute Gasteiger partial charge is 0.321 e. The maximum atomic E-state index is 11.5. The van der Waals surface area contributed by atoms with Gasteiger partial charge in [0.05, 0.1) is 5.75 Å². The van der Waals surface area contributed by atoms with Crippen LogP contribution in [0.4, 0.5) is 0 Å². The van der Waals surface area contributed by atoms with E-state index in [2.05, 4.69) is 5.32 Å². The Morgan fingerprint density at radius 1 is 1.30 bits per heavy atom. The van der Waals surface area contributed by atoms with Gasteiger partial charge in [0.2, 0.25) is 5.91 Å². The minimum absolute atomic E-state index is 0.0961. The minimum atomic E-state index is -1.04. The molecule has 1 rings (SSSR count). The molecule has 20 heavy (non-hydrogen) atoms. The van der Waals surface area contributed by atoms with E-state index < -0.39 is 12.0 Å². The zero-order chi connectivity index (χ0) is 14.8. The predicted molar refractivity (Wildman–Crippen MR) is 83.1 cm³/mol. The summed E-state index contributed by atoms with van der Waals surface area (Å²) in [6.07, 6.45) is 0. The number of nitrogens with one attached hydrogen (secondary N) is 1. The molecule has 0 fully saturated rings. The number of nitrogens with two attached hydrogens (primary N) is 1. The number of rotatable bonds is 9. The standard InChI is InChI=1S/C13H18N2O3S2/c14-11(13(17)18)8-19-9-12(16)15-6-7-20-10-4-2-1-3-5-10/h1-5,11H,6-9,14H2,(H,15,16)(H,17,18). The fraction of sp³-hybridized carbons (Fsp3) is 0.385. The molecular formula is C13H18N2O3S2. The van der Waals surface area contributed by atoms with Crippen molar-refractivity contribution in [3.63, 3.8) is 0 Å². The van der Waals surface area contributed by atoms with Gasteiger partial charge in [-0.2, -0.15) is 0 Å². The van der Waals surface area contributed by atoms with E-state index in [-0.39, 0.29) is 17.4 Å². The second-order valence-corrected chi connectivity index (χ2v) is 6.17. The van der Waals surface area contributed by atoms with Crippen LogP contribution in [0.3, 0.4) is 0 Å². The van der Waals surface area contributed by atoms with Crippen LogP contribution in [0.1, 0.15) is 0 Å². The van der Waals surface area contributed by atoms with Crippen LogP contribution in [0.15, 0.2) is 35.2 Å². The van der Waals surface area contributed by atoms with Crippen molar-refractivity contribution in [2.24, 2.45) is 5.73 Å². The lowest BCUT2D eigenvalue weighted by Crippen LogP contribution is -2.33. The number of hydrogen-bond donors (Lipinski definition) is 3. The predicted octanol–water partition coefficient (Wildman–Crippen LogP) is 1.04. The van der Waals surface area contributed by atoms with Crippen molar-refractivity contribution < 1.29 is 14.7 Å². The van der Waals surface area contributed by atoms with Crippen molar-refractivity contribution in [3.05, 3.63) is 30.3 Å². The third-order valence-electron chi connectivity index (χ3n) is 2.28. The molecule has 0 aliphatic heterocycles. The molecule has 0 bridgehead atoms. The van der Waals surface area contributed by atoms with Gasteiger partial charge in [0.1, 0.15) is 6.04 Å². The Balaban J connectivity index is 2.04. The van der Waals surface area contributed by atoms with Gasteiger partial charge >= 0.3 is 5.97 Å². The van der Waals surface area contributed by atoms with E-state index >= 15 is 0 Å². The molecule has 1 unspecified atom stereocenters. The van der Waals surface area contributed by atoms with Crippen molar-refractivity contribution >= 4 is 35.4 Å². The van der Waals surface area contributed by atoms with Crippen LogP contribution in [0.25, 0.3) is 0 Å². The quantitative estimate of drug-likeness (QED) is 0.466. The monoisotopic (exact) mass is 314 g/mol. The van der Waals surface area contributed by atoms with E-state index in [0.29, 0.717) is 6.54 Å². The lowest BCUT2D eigenvalue weighted by Gasteiger charge is -2.07. The molecule has 1 aromatic rings. The minimum Gasteiger partial charge on any atom is -0.480 e. The fourth-order valence-electron chi connectivity index (χ4n) is 1.28. The maximum absolute atomic E-state index is 11.5. The number of hydrogen-bond acceptors (Lipinski definition) is 5. The average molecular weight is 314 g/mol. The van der Waals surface area contributed by atoms with Crippen molar-refractivity contribution in [1.29, 1.82) is 0 Å². The molecule has 0 heterocycles. The molecule has 0 saturated heterocycles. The number of aliphatic carboxylic acids is 1. The summed E-state index contributed by atoms with van der Waals surface area (Å²) in [4.78, 5) is 23.1. The van der Waals surface area contributed by atoms with Gasteiger partial charge in [-0.05, 0) is 12.1 Å². The molecule has 1 amide bonds. The lowest BCUT2D eigenvalue weighted by molar-refractivity contribution is -0.138. The van der Waals surface area contributed by atoms with E-state index in [0.717, 1.165) is 5.75 Å². The first-order valence-corrected chi connectivity index (χ1v) is 8.24. The van der Waals surface area contributed by atoms with Gasteiger partial charge in [-0.15, -0.1) is 23.5 Å². The molecule has 0 aliphatic carbocycles. The first-order valence-electron chi connectivity index (χ1n) is 6.10. The van der Waals surface area contributed by atoms with Crippen molar-refractivity contribution in [2.45, 2.75) is 10.9 Å². The normalized spacial score (nSPS) is 11.8. The van der Waals surface area contributed by atoms with Gasteiger partial charge in [0.15, 0.2) is 0 Å². The Hall–Kier alpha value is -1.18. The SMILES string of the molecule is NC(CSCC(=O)NCCSc1ccccc1)C(=O)O. The second kappa shape index (κ2) is 9.68. The molecule has 1 aromatic carbocycles. The Bertz CT molecular complexity index is 429. The van der Waals surface area contributed by atoms with Crippen LogP contribution in [0.5, 0.6) is 0 Å². The molecule has 0 saturated carbocycles. The zero-order valence-corrected chi connectivity index (χ0v) is 12.6. The van der Waals surface area contributed by atoms with Gasteiger partial charge < -0.3 is 16.2 Å². The average Bonchev–Trinajstić information content (AvgIpc) is 2.44. The Kier molecular flexibility index (Phi) is 8.17. The highest BCUT2D eigenvalue weighted by molar-refractivity contribution is 8.00. The Morgan fingerprint density at radius 3 is 2.65 bits per heavy atom. The van der Waals surface area contributed by atoms with Crippen LogP contribution >= 0.6 is 23.5 Å². The van der Waals surface area contributed by atoms with E-state index in [9.17, 15) is 9.59 Å².